The highest BCUT2D eigenvalue weighted by Crippen LogP contribution is 2.43. The molecule has 0 atom stereocenters. The fourth-order valence-corrected chi connectivity index (χ4v) is 3.04. The molecule has 0 radical (unpaired) electrons. The first-order valence-electron chi connectivity index (χ1n) is 6.49. The maximum absolute atomic E-state index is 4.13. The lowest BCUT2D eigenvalue weighted by Gasteiger charge is -2.40. The van der Waals surface area contributed by atoms with Crippen LogP contribution in [0.4, 0.5) is 0 Å². The summed E-state index contributed by atoms with van der Waals surface area (Å²) in [4.78, 5) is 0. The van der Waals surface area contributed by atoms with Crippen molar-refractivity contribution in [3.05, 3.63) is 5.82 Å². The molecule has 1 aromatic heterocycles. The summed E-state index contributed by atoms with van der Waals surface area (Å²) in [5, 5.41) is 15.5. The second-order valence-corrected chi connectivity index (χ2v) is 7.37. The van der Waals surface area contributed by atoms with Crippen molar-refractivity contribution >= 4 is 11.8 Å². The third-order valence-corrected chi connectivity index (χ3v) is 4.92. The molecule has 102 valence electrons. The summed E-state index contributed by atoms with van der Waals surface area (Å²) >= 11 is 1.95. The Morgan fingerprint density at radius 3 is 2.61 bits per heavy atom. The van der Waals surface area contributed by atoms with Gasteiger partial charge in [0, 0.05) is 10.3 Å². The highest BCUT2D eigenvalue weighted by Gasteiger charge is 2.37. The number of nitrogens with zero attached hydrogens (tertiary/aromatic N) is 4. The van der Waals surface area contributed by atoms with Crippen molar-refractivity contribution in [2.45, 2.75) is 63.4 Å². The van der Waals surface area contributed by atoms with E-state index >= 15 is 0 Å². The van der Waals surface area contributed by atoms with Crippen molar-refractivity contribution in [1.82, 2.24) is 25.5 Å². The molecule has 0 aliphatic heterocycles. The first-order chi connectivity index (χ1) is 8.44. The molecule has 1 fully saturated rings. The van der Waals surface area contributed by atoms with Crippen LogP contribution in [-0.2, 0) is 13.1 Å². The lowest BCUT2D eigenvalue weighted by Crippen LogP contribution is -2.40. The van der Waals surface area contributed by atoms with Gasteiger partial charge >= 0.3 is 0 Å². The Morgan fingerprint density at radius 1 is 1.39 bits per heavy atom. The Kier molecular flexibility index (Phi) is 3.96. The van der Waals surface area contributed by atoms with Gasteiger partial charge in [-0.05, 0) is 50.3 Å². The molecule has 2 rings (SSSR count). The largest absolute Gasteiger partial charge is 0.305 e. The van der Waals surface area contributed by atoms with Crippen LogP contribution in [0.5, 0.6) is 0 Å². The molecule has 1 saturated carbocycles. The van der Waals surface area contributed by atoms with Crippen molar-refractivity contribution in [2.24, 2.45) is 0 Å². The topological polar surface area (TPSA) is 55.6 Å². The quantitative estimate of drug-likeness (QED) is 0.884. The van der Waals surface area contributed by atoms with E-state index in [-0.39, 0.29) is 5.54 Å². The van der Waals surface area contributed by atoms with Gasteiger partial charge in [-0.2, -0.15) is 11.8 Å². The number of tetrazole rings is 1. The Morgan fingerprint density at radius 2 is 2.11 bits per heavy atom. The summed E-state index contributed by atoms with van der Waals surface area (Å²) in [5.74, 6) is 0.935. The maximum Gasteiger partial charge on any atom is 0.165 e. The number of rotatable bonds is 5. The van der Waals surface area contributed by atoms with Gasteiger partial charge in [0.1, 0.15) is 0 Å². The molecule has 1 heterocycles. The van der Waals surface area contributed by atoms with E-state index in [0.717, 1.165) is 18.9 Å². The molecule has 0 spiro atoms. The average Bonchev–Trinajstić information content (AvgIpc) is 2.67. The fourth-order valence-electron chi connectivity index (χ4n) is 2.09. The van der Waals surface area contributed by atoms with E-state index in [0.29, 0.717) is 4.75 Å². The first-order valence-corrected chi connectivity index (χ1v) is 7.72. The fraction of sp³-hybridized carbons (Fsp3) is 0.917. The molecule has 1 N–H and O–H groups in total. The minimum absolute atomic E-state index is 0.0877. The lowest BCUT2D eigenvalue weighted by atomic mass is 9.84. The molecule has 1 aliphatic rings. The number of nitrogens with one attached hydrogen (secondary N) is 1. The smallest absolute Gasteiger partial charge is 0.165 e. The normalized spacial score (nSPS) is 18.7. The zero-order chi connectivity index (χ0) is 13.2. The molecule has 5 nitrogen and oxygen atoms in total. The van der Waals surface area contributed by atoms with Gasteiger partial charge < -0.3 is 5.32 Å². The monoisotopic (exact) mass is 269 g/mol. The van der Waals surface area contributed by atoms with Crippen LogP contribution in [0, 0.1) is 0 Å². The Bertz CT molecular complexity index is 386. The van der Waals surface area contributed by atoms with Gasteiger partial charge in [0.15, 0.2) is 5.82 Å². The molecule has 1 aliphatic carbocycles. The predicted octanol–water partition coefficient (Wildman–Crippen LogP) is 1.85. The van der Waals surface area contributed by atoms with E-state index in [1.165, 1.54) is 19.3 Å². The highest BCUT2D eigenvalue weighted by molar-refractivity contribution is 8.00. The van der Waals surface area contributed by atoms with Crippen LogP contribution in [0.1, 0.15) is 45.9 Å². The standard InChI is InChI=1S/C12H23N5S/c1-11(2,3)13-8-10-14-15-16-17(10)9-12(18-4)6-5-7-12/h13H,5-9H2,1-4H3. The average molecular weight is 269 g/mol. The highest BCUT2D eigenvalue weighted by atomic mass is 32.2. The molecule has 0 unspecified atom stereocenters. The number of hydrogen-bond acceptors (Lipinski definition) is 5. The predicted molar refractivity (Wildman–Crippen MR) is 74.5 cm³/mol. The zero-order valence-electron chi connectivity index (χ0n) is 11.7. The molecule has 0 bridgehead atoms. The third kappa shape index (κ3) is 3.23. The van der Waals surface area contributed by atoms with Crippen molar-refractivity contribution in [1.29, 1.82) is 0 Å². The van der Waals surface area contributed by atoms with E-state index in [1.54, 1.807) is 0 Å². The summed E-state index contributed by atoms with van der Waals surface area (Å²) < 4.78 is 2.33. The Hall–Kier alpha value is -0.620. The lowest BCUT2D eigenvalue weighted by molar-refractivity contribution is 0.300. The van der Waals surface area contributed by atoms with Crippen LogP contribution >= 0.6 is 11.8 Å². The van der Waals surface area contributed by atoms with E-state index in [9.17, 15) is 0 Å². The Balaban J connectivity index is 1.99. The van der Waals surface area contributed by atoms with Gasteiger partial charge in [-0.25, -0.2) is 4.68 Å². The van der Waals surface area contributed by atoms with Gasteiger partial charge in [0.25, 0.3) is 0 Å². The minimum atomic E-state index is 0.0877. The van der Waals surface area contributed by atoms with E-state index < -0.39 is 0 Å². The Labute approximate surface area is 113 Å². The first kappa shape index (κ1) is 13.8. The SMILES string of the molecule is CSC1(Cn2nnnc2CNC(C)(C)C)CCC1. The van der Waals surface area contributed by atoms with Crippen molar-refractivity contribution in [2.75, 3.05) is 6.26 Å². The zero-order valence-corrected chi connectivity index (χ0v) is 12.5. The summed E-state index contributed by atoms with van der Waals surface area (Å²) in [5.41, 5.74) is 0.0877. The third-order valence-electron chi connectivity index (χ3n) is 3.52. The van der Waals surface area contributed by atoms with Crippen LogP contribution in [0.2, 0.25) is 0 Å². The van der Waals surface area contributed by atoms with Crippen molar-refractivity contribution < 1.29 is 0 Å². The van der Waals surface area contributed by atoms with Crippen LogP contribution in [-0.4, -0.2) is 36.7 Å². The number of aromatic nitrogens is 4. The van der Waals surface area contributed by atoms with Crippen LogP contribution in [0.3, 0.4) is 0 Å². The van der Waals surface area contributed by atoms with Crippen LogP contribution in [0.25, 0.3) is 0 Å². The van der Waals surface area contributed by atoms with E-state index in [4.69, 9.17) is 0 Å². The molecule has 0 saturated heterocycles. The van der Waals surface area contributed by atoms with Gasteiger partial charge in [-0.15, -0.1) is 5.10 Å². The van der Waals surface area contributed by atoms with Crippen molar-refractivity contribution in [3.8, 4) is 0 Å². The van der Waals surface area contributed by atoms with E-state index in [1.807, 2.05) is 16.4 Å². The van der Waals surface area contributed by atoms with Crippen molar-refractivity contribution in [3.63, 3.8) is 0 Å². The molecule has 0 amide bonds. The number of hydrogen-bond donors (Lipinski definition) is 1. The van der Waals surface area contributed by atoms with Crippen LogP contribution in [0.15, 0.2) is 0 Å². The molecule has 1 aromatic rings. The summed E-state index contributed by atoms with van der Waals surface area (Å²) in [6, 6.07) is 0. The van der Waals surface area contributed by atoms with Gasteiger partial charge in [0.2, 0.25) is 0 Å². The summed E-state index contributed by atoms with van der Waals surface area (Å²) in [6.07, 6.45) is 6.08. The second kappa shape index (κ2) is 5.17. The molecular weight excluding hydrogens is 246 g/mol. The molecule has 0 aromatic carbocycles. The van der Waals surface area contributed by atoms with Gasteiger partial charge in [-0.3, -0.25) is 0 Å². The molecule has 18 heavy (non-hydrogen) atoms. The minimum Gasteiger partial charge on any atom is -0.305 e. The van der Waals surface area contributed by atoms with Crippen LogP contribution < -0.4 is 5.32 Å². The summed E-state index contributed by atoms with van der Waals surface area (Å²) in [7, 11) is 0. The summed E-state index contributed by atoms with van der Waals surface area (Å²) in [6.45, 7) is 8.10. The van der Waals surface area contributed by atoms with Gasteiger partial charge in [-0.1, -0.05) is 6.42 Å². The number of thioether (sulfide) groups is 1. The second-order valence-electron chi connectivity index (χ2n) is 6.10. The molecular formula is C12H23N5S. The van der Waals surface area contributed by atoms with Gasteiger partial charge in [0.05, 0.1) is 13.1 Å². The maximum atomic E-state index is 4.13. The molecule has 6 heteroatoms. The van der Waals surface area contributed by atoms with E-state index in [2.05, 4.69) is 47.9 Å².